The minimum Gasteiger partial charge on any atom is -0.403 e. The summed E-state index contributed by atoms with van der Waals surface area (Å²) < 4.78 is 0. The maximum atomic E-state index is 5.44. The lowest BCUT2D eigenvalue weighted by Crippen LogP contribution is -2.24. The molecule has 0 saturated heterocycles. The highest BCUT2D eigenvalue weighted by molar-refractivity contribution is 5.25. The van der Waals surface area contributed by atoms with E-state index in [0.717, 1.165) is 5.70 Å². The van der Waals surface area contributed by atoms with Crippen molar-refractivity contribution in [3.05, 3.63) is 36.3 Å². The first-order valence-corrected chi connectivity index (χ1v) is 2.65. The molecular formula is C6H9N3. The number of rotatable bonds is 0. The van der Waals surface area contributed by atoms with Gasteiger partial charge in [0.15, 0.2) is 0 Å². The molecule has 0 fully saturated rings. The summed E-state index contributed by atoms with van der Waals surface area (Å²) in [6.45, 7) is 0. The van der Waals surface area contributed by atoms with E-state index in [1.54, 1.807) is 6.20 Å². The fraction of sp³-hybridized carbons (Fsp3) is 0. The van der Waals surface area contributed by atoms with Gasteiger partial charge in [-0.15, -0.1) is 0 Å². The van der Waals surface area contributed by atoms with Crippen molar-refractivity contribution in [2.45, 2.75) is 0 Å². The van der Waals surface area contributed by atoms with E-state index in [2.05, 4.69) is 0 Å². The lowest BCUT2D eigenvalue weighted by molar-refractivity contribution is 0.503. The summed E-state index contributed by atoms with van der Waals surface area (Å²) >= 11 is 0. The highest BCUT2D eigenvalue weighted by Crippen LogP contribution is 2.04. The second-order valence-electron chi connectivity index (χ2n) is 1.70. The lowest BCUT2D eigenvalue weighted by atomic mass is 10.3. The molecule has 0 aliphatic carbocycles. The van der Waals surface area contributed by atoms with Gasteiger partial charge in [0.1, 0.15) is 0 Å². The number of hydrogen-bond donors (Lipinski definition) is 2. The third kappa shape index (κ3) is 1.12. The Labute approximate surface area is 53.9 Å². The molecule has 1 aliphatic heterocycles. The number of nitrogens with two attached hydrogens (primary N) is 2. The van der Waals surface area contributed by atoms with Crippen molar-refractivity contribution >= 4 is 0 Å². The van der Waals surface area contributed by atoms with Crippen LogP contribution >= 0.6 is 0 Å². The molecular weight excluding hydrogens is 114 g/mol. The lowest BCUT2D eigenvalue weighted by Gasteiger charge is -2.15. The predicted octanol–water partition coefficient (Wildman–Crippen LogP) is 0.0457. The van der Waals surface area contributed by atoms with Gasteiger partial charge in [0.05, 0.1) is 5.70 Å². The molecule has 9 heavy (non-hydrogen) atoms. The van der Waals surface area contributed by atoms with Gasteiger partial charge in [-0.25, -0.2) is 5.84 Å². The summed E-state index contributed by atoms with van der Waals surface area (Å²) in [6.07, 6.45) is 8.74. The molecule has 4 N–H and O–H groups in total. The van der Waals surface area contributed by atoms with E-state index >= 15 is 0 Å². The Hall–Kier alpha value is -1.22. The quantitative estimate of drug-likeness (QED) is 0.447. The van der Waals surface area contributed by atoms with E-state index < -0.39 is 0 Å². The van der Waals surface area contributed by atoms with Crippen LogP contribution in [0, 0.1) is 0 Å². The molecule has 48 valence electrons. The van der Waals surface area contributed by atoms with Gasteiger partial charge in [-0.1, -0.05) is 6.08 Å². The third-order valence-corrected chi connectivity index (χ3v) is 1.09. The maximum absolute atomic E-state index is 5.44. The van der Waals surface area contributed by atoms with Crippen LogP contribution < -0.4 is 11.6 Å². The van der Waals surface area contributed by atoms with Crippen LogP contribution in [0.3, 0.4) is 0 Å². The van der Waals surface area contributed by atoms with Gasteiger partial charge in [0.25, 0.3) is 0 Å². The Morgan fingerprint density at radius 1 is 1.44 bits per heavy atom. The summed E-state index contributed by atoms with van der Waals surface area (Å²) in [6, 6.07) is 0. The molecule has 0 aromatic heterocycles. The second kappa shape index (κ2) is 2.37. The minimum atomic E-state index is 0.803. The first-order chi connectivity index (χ1) is 4.34. The molecule has 3 nitrogen and oxygen atoms in total. The van der Waals surface area contributed by atoms with Crippen LogP contribution in [-0.4, -0.2) is 5.01 Å². The van der Waals surface area contributed by atoms with E-state index in [4.69, 9.17) is 11.6 Å². The summed E-state index contributed by atoms with van der Waals surface area (Å²) in [4.78, 5) is 0. The molecule has 0 atom stereocenters. The van der Waals surface area contributed by atoms with Crippen molar-refractivity contribution in [1.82, 2.24) is 5.01 Å². The molecule has 0 unspecified atom stereocenters. The predicted molar refractivity (Wildman–Crippen MR) is 36.6 cm³/mol. The van der Waals surface area contributed by atoms with Crippen LogP contribution in [0.25, 0.3) is 0 Å². The van der Waals surface area contributed by atoms with Crippen molar-refractivity contribution in [3.63, 3.8) is 0 Å². The average molecular weight is 123 g/mol. The average Bonchev–Trinajstić information content (AvgIpc) is 1.89. The van der Waals surface area contributed by atoms with Crippen LogP contribution in [0.1, 0.15) is 0 Å². The van der Waals surface area contributed by atoms with Gasteiger partial charge in [-0.2, -0.15) is 0 Å². The van der Waals surface area contributed by atoms with Crippen molar-refractivity contribution in [2.75, 3.05) is 0 Å². The van der Waals surface area contributed by atoms with Crippen LogP contribution in [0.2, 0.25) is 0 Å². The van der Waals surface area contributed by atoms with Gasteiger partial charge in [0, 0.05) is 12.4 Å². The highest BCUT2D eigenvalue weighted by Gasteiger charge is 1.97. The van der Waals surface area contributed by atoms with E-state index in [1.165, 1.54) is 11.2 Å². The van der Waals surface area contributed by atoms with Crippen molar-refractivity contribution in [1.29, 1.82) is 0 Å². The van der Waals surface area contributed by atoms with Gasteiger partial charge in [-0.05, 0) is 12.2 Å². The van der Waals surface area contributed by atoms with E-state index in [9.17, 15) is 0 Å². The van der Waals surface area contributed by atoms with Crippen LogP contribution in [-0.2, 0) is 0 Å². The number of allylic oxidation sites excluding steroid dienone is 3. The Morgan fingerprint density at radius 3 is 2.67 bits per heavy atom. The molecule has 0 radical (unpaired) electrons. The first kappa shape index (κ1) is 5.91. The summed E-state index contributed by atoms with van der Waals surface area (Å²) in [5.41, 5.74) is 6.03. The molecule has 1 rings (SSSR count). The zero-order valence-electron chi connectivity index (χ0n) is 4.99. The number of hydrazine groups is 1. The maximum Gasteiger partial charge on any atom is 0.0722 e. The van der Waals surface area contributed by atoms with Crippen LogP contribution in [0.5, 0.6) is 0 Å². The van der Waals surface area contributed by atoms with Gasteiger partial charge < -0.3 is 5.73 Å². The normalized spacial score (nSPS) is 21.4. The molecule has 1 heterocycles. The molecule has 0 aromatic carbocycles. The summed E-state index contributed by atoms with van der Waals surface area (Å²) in [7, 11) is 0. The fourth-order valence-electron chi connectivity index (χ4n) is 0.610. The molecule has 3 heteroatoms. The van der Waals surface area contributed by atoms with Gasteiger partial charge in [0.2, 0.25) is 0 Å². The second-order valence-corrected chi connectivity index (χ2v) is 1.70. The Morgan fingerprint density at radius 2 is 2.22 bits per heavy atom. The van der Waals surface area contributed by atoms with E-state index in [0.29, 0.717) is 0 Å². The van der Waals surface area contributed by atoms with Crippen molar-refractivity contribution in [2.24, 2.45) is 11.6 Å². The Kier molecular flexibility index (Phi) is 1.55. The van der Waals surface area contributed by atoms with E-state index in [-0.39, 0.29) is 0 Å². The monoisotopic (exact) mass is 123 g/mol. The smallest absolute Gasteiger partial charge is 0.0722 e. The molecule has 0 aromatic rings. The molecule has 0 amide bonds. The third-order valence-electron chi connectivity index (χ3n) is 1.09. The summed E-state index contributed by atoms with van der Waals surface area (Å²) in [5, 5.41) is 1.46. The minimum absolute atomic E-state index is 0.803. The standard InChI is InChI=1S/C6H9N3/c7-5-6-3-1-2-4-9(6)8/h1-5H,7-8H2/b6-5-. The zero-order valence-corrected chi connectivity index (χ0v) is 4.99. The SMILES string of the molecule is N/C=C1/C=CC=CN1N. The number of hydrogen-bond acceptors (Lipinski definition) is 3. The van der Waals surface area contributed by atoms with Crippen molar-refractivity contribution in [3.8, 4) is 0 Å². The molecule has 0 saturated carbocycles. The van der Waals surface area contributed by atoms with Gasteiger partial charge >= 0.3 is 0 Å². The molecule has 1 aliphatic rings. The molecule has 0 bridgehead atoms. The molecule has 0 spiro atoms. The van der Waals surface area contributed by atoms with Crippen LogP contribution in [0.4, 0.5) is 0 Å². The number of nitrogens with zero attached hydrogens (tertiary/aromatic N) is 1. The first-order valence-electron chi connectivity index (χ1n) is 2.65. The van der Waals surface area contributed by atoms with Gasteiger partial charge in [-0.3, -0.25) is 5.01 Å². The van der Waals surface area contributed by atoms with E-state index in [1.807, 2.05) is 18.2 Å². The summed E-state index contributed by atoms with van der Waals surface area (Å²) in [5.74, 6) is 5.44. The largest absolute Gasteiger partial charge is 0.403 e. The Balaban J connectivity index is 2.78. The topological polar surface area (TPSA) is 55.3 Å². The Bertz CT molecular complexity index is 179. The zero-order chi connectivity index (χ0) is 6.69. The van der Waals surface area contributed by atoms with Crippen molar-refractivity contribution < 1.29 is 0 Å². The fourth-order valence-corrected chi connectivity index (χ4v) is 0.610. The highest BCUT2D eigenvalue weighted by atomic mass is 15.4. The van der Waals surface area contributed by atoms with Crippen LogP contribution in [0.15, 0.2) is 36.3 Å².